The molecule has 2 aromatic rings. The van der Waals surface area contributed by atoms with Crippen LogP contribution in [0.15, 0.2) is 48.5 Å². The maximum absolute atomic E-state index is 13.9. The number of anilines is 2. The lowest BCUT2D eigenvalue weighted by Gasteiger charge is -2.33. The Labute approximate surface area is 211 Å². The number of nitrogens with zero attached hydrogens (tertiary/aromatic N) is 1. The molecule has 8 nitrogen and oxygen atoms in total. The molecule has 2 aromatic carbocycles. The number of nitrogens with one attached hydrogen (secondary N) is 2. The first-order valence-corrected chi connectivity index (χ1v) is 12.6. The van der Waals surface area contributed by atoms with Crippen LogP contribution in [0, 0.1) is 25.7 Å². The number of para-hydroxylation sites is 1. The number of hydrogen-bond acceptors (Lipinski definition) is 5. The summed E-state index contributed by atoms with van der Waals surface area (Å²) < 4.78 is 6.60. The Morgan fingerprint density at radius 3 is 2.56 bits per heavy atom. The fourth-order valence-electron chi connectivity index (χ4n) is 6.42. The standard InChI is InChI=1S/C28H33N3O5/c1-17-10-11-18(2)20(16-17)30-25(34)23-28-13-12-27(3,36-28)21(22(28)26(35)31(23)14-7-15-32)24(33)29-19-8-5-4-6-9-19/h4-6,8-11,16,21-23,32H,7,12-15H2,1-3H3,(H,29,33)(H,30,34)/t21-,22+,23?,27+,28?/m1/s1. The fraction of sp³-hybridized carbons (Fsp3) is 0.464. The van der Waals surface area contributed by atoms with Crippen LogP contribution in [0.5, 0.6) is 0 Å². The molecule has 5 rings (SSSR count). The number of rotatable bonds is 7. The van der Waals surface area contributed by atoms with Gasteiger partial charge in [-0.2, -0.15) is 0 Å². The molecule has 3 saturated heterocycles. The summed E-state index contributed by atoms with van der Waals surface area (Å²) in [5, 5.41) is 15.5. The molecule has 36 heavy (non-hydrogen) atoms. The van der Waals surface area contributed by atoms with Gasteiger partial charge in [0.05, 0.1) is 17.4 Å². The highest BCUT2D eigenvalue weighted by molar-refractivity contribution is 6.05. The molecule has 0 radical (unpaired) electrons. The first kappa shape index (κ1) is 24.5. The van der Waals surface area contributed by atoms with E-state index in [-0.39, 0.29) is 30.9 Å². The summed E-state index contributed by atoms with van der Waals surface area (Å²) in [6, 6.07) is 14.1. The van der Waals surface area contributed by atoms with Crippen LogP contribution < -0.4 is 10.6 Å². The average Bonchev–Trinajstić information content (AvgIpc) is 3.41. The molecule has 3 heterocycles. The summed E-state index contributed by atoms with van der Waals surface area (Å²) in [4.78, 5) is 42.8. The zero-order valence-corrected chi connectivity index (χ0v) is 20.9. The van der Waals surface area contributed by atoms with Crippen LogP contribution in [0.4, 0.5) is 11.4 Å². The minimum Gasteiger partial charge on any atom is -0.396 e. The maximum atomic E-state index is 13.9. The van der Waals surface area contributed by atoms with E-state index in [0.29, 0.717) is 30.6 Å². The topological polar surface area (TPSA) is 108 Å². The molecule has 3 fully saturated rings. The number of carbonyl (C=O) groups is 3. The molecular weight excluding hydrogens is 458 g/mol. The normalized spacial score (nSPS) is 30.4. The largest absolute Gasteiger partial charge is 0.396 e. The summed E-state index contributed by atoms with van der Waals surface area (Å²) in [6.07, 6.45) is 1.42. The molecule has 3 aliphatic heterocycles. The molecule has 2 unspecified atom stereocenters. The number of carbonyl (C=O) groups excluding carboxylic acids is 3. The van der Waals surface area contributed by atoms with Gasteiger partial charge in [-0.25, -0.2) is 0 Å². The lowest BCUT2D eigenvalue weighted by atomic mass is 9.66. The molecule has 8 heteroatoms. The number of fused-ring (bicyclic) bond motifs is 1. The first-order chi connectivity index (χ1) is 17.2. The van der Waals surface area contributed by atoms with Gasteiger partial charge in [0.25, 0.3) is 0 Å². The van der Waals surface area contributed by atoms with Crippen molar-refractivity contribution in [3.63, 3.8) is 0 Å². The van der Waals surface area contributed by atoms with Crippen molar-refractivity contribution in [2.24, 2.45) is 11.8 Å². The lowest BCUT2D eigenvalue weighted by molar-refractivity contribution is -0.143. The van der Waals surface area contributed by atoms with E-state index in [4.69, 9.17) is 4.74 Å². The first-order valence-electron chi connectivity index (χ1n) is 12.6. The van der Waals surface area contributed by atoms with Crippen LogP contribution in [0.25, 0.3) is 0 Å². The Balaban J connectivity index is 1.50. The second-order valence-corrected chi connectivity index (χ2v) is 10.5. The smallest absolute Gasteiger partial charge is 0.250 e. The van der Waals surface area contributed by atoms with Gasteiger partial charge in [-0.1, -0.05) is 30.3 Å². The Morgan fingerprint density at radius 2 is 1.83 bits per heavy atom. The van der Waals surface area contributed by atoms with Crippen LogP contribution in [-0.2, 0) is 19.1 Å². The van der Waals surface area contributed by atoms with E-state index in [2.05, 4.69) is 10.6 Å². The van der Waals surface area contributed by atoms with E-state index in [0.717, 1.165) is 11.1 Å². The Kier molecular flexibility index (Phi) is 6.12. The number of likely N-dealkylation sites (tertiary alicyclic amines) is 1. The molecule has 0 saturated carbocycles. The van der Waals surface area contributed by atoms with Gasteiger partial charge in [0, 0.05) is 24.5 Å². The predicted molar refractivity (Wildman–Crippen MR) is 135 cm³/mol. The second-order valence-electron chi connectivity index (χ2n) is 10.5. The molecule has 3 N–H and O–H groups in total. The van der Waals surface area contributed by atoms with Crippen molar-refractivity contribution in [3.05, 3.63) is 59.7 Å². The number of benzene rings is 2. The summed E-state index contributed by atoms with van der Waals surface area (Å²) in [5.74, 6) is -2.37. The van der Waals surface area contributed by atoms with Crippen LogP contribution >= 0.6 is 0 Å². The number of hydrogen-bond donors (Lipinski definition) is 3. The zero-order valence-electron chi connectivity index (χ0n) is 20.9. The highest BCUT2D eigenvalue weighted by Crippen LogP contribution is 2.63. The Morgan fingerprint density at radius 1 is 1.08 bits per heavy atom. The highest BCUT2D eigenvalue weighted by Gasteiger charge is 2.77. The molecule has 5 atom stereocenters. The monoisotopic (exact) mass is 491 g/mol. The van der Waals surface area contributed by atoms with E-state index in [1.165, 1.54) is 4.90 Å². The van der Waals surface area contributed by atoms with E-state index in [9.17, 15) is 19.5 Å². The van der Waals surface area contributed by atoms with Crippen molar-refractivity contribution in [1.29, 1.82) is 0 Å². The minimum absolute atomic E-state index is 0.108. The number of aryl methyl sites for hydroxylation is 2. The molecular formula is C28H33N3O5. The predicted octanol–water partition coefficient (Wildman–Crippen LogP) is 3.03. The van der Waals surface area contributed by atoms with Crippen LogP contribution in [0.2, 0.25) is 0 Å². The molecule has 0 aromatic heterocycles. The average molecular weight is 492 g/mol. The zero-order chi connectivity index (χ0) is 25.7. The summed E-state index contributed by atoms with van der Waals surface area (Å²) in [6.45, 7) is 5.85. The Bertz CT molecular complexity index is 1200. The third kappa shape index (κ3) is 3.79. The summed E-state index contributed by atoms with van der Waals surface area (Å²) >= 11 is 0. The van der Waals surface area contributed by atoms with Crippen molar-refractivity contribution in [2.45, 2.75) is 57.3 Å². The van der Waals surface area contributed by atoms with Crippen molar-refractivity contribution in [3.8, 4) is 0 Å². The van der Waals surface area contributed by atoms with Gasteiger partial charge in [-0.05, 0) is 69.4 Å². The number of amides is 3. The van der Waals surface area contributed by atoms with Crippen LogP contribution in [0.3, 0.4) is 0 Å². The van der Waals surface area contributed by atoms with Gasteiger partial charge < -0.3 is 25.4 Å². The molecule has 190 valence electrons. The SMILES string of the molecule is Cc1ccc(C)c(NC(=O)C2N(CCCO)C(=O)[C@@H]3[C@H](C(=O)Nc4ccccc4)[C@]4(C)CCC23O4)c1. The van der Waals surface area contributed by atoms with Gasteiger partial charge in [-0.3, -0.25) is 14.4 Å². The van der Waals surface area contributed by atoms with E-state index in [1.807, 2.05) is 57.2 Å². The van der Waals surface area contributed by atoms with Gasteiger partial charge >= 0.3 is 0 Å². The van der Waals surface area contributed by atoms with E-state index >= 15 is 0 Å². The third-order valence-electron chi connectivity index (χ3n) is 8.06. The number of ether oxygens (including phenoxy) is 1. The number of aliphatic hydroxyl groups excluding tert-OH is 1. The van der Waals surface area contributed by atoms with E-state index in [1.54, 1.807) is 12.1 Å². The maximum Gasteiger partial charge on any atom is 0.250 e. The van der Waals surface area contributed by atoms with Gasteiger partial charge in [0.15, 0.2) is 0 Å². The van der Waals surface area contributed by atoms with Gasteiger partial charge in [-0.15, -0.1) is 0 Å². The molecule has 0 aliphatic carbocycles. The van der Waals surface area contributed by atoms with E-state index < -0.39 is 29.1 Å². The lowest BCUT2D eigenvalue weighted by Crippen LogP contribution is -2.53. The van der Waals surface area contributed by atoms with Crippen molar-refractivity contribution >= 4 is 29.1 Å². The van der Waals surface area contributed by atoms with Crippen LogP contribution in [-0.4, -0.2) is 58.1 Å². The molecule has 2 bridgehead atoms. The Hall–Kier alpha value is -3.23. The highest BCUT2D eigenvalue weighted by atomic mass is 16.5. The summed E-state index contributed by atoms with van der Waals surface area (Å²) in [7, 11) is 0. The van der Waals surface area contributed by atoms with Gasteiger partial charge in [0.1, 0.15) is 11.6 Å². The number of aliphatic hydroxyl groups is 1. The van der Waals surface area contributed by atoms with Crippen LogP contribution in [0.1, 0.15) is 37.3 Å². The van der Waals surface area contributed by atoms with Crippen molar-refractivity contribution in [2.75, 3.05) is 23.8 Å². The summed E-state index contributed by atoms with van der Waals surface area (Å²) in [5.41, 5.74) is 1.32. The minimum atomic E-state index is -1.10. The molecule has 3 amide bonds. The van der Waals surface area contributed by atoms with Gasteiger partial charge in [0.2, 0.25) is 17.7 Å². The quantitative estimate of drug-likeness (QED) is 0.552. The third-order valence-corrected chi connectivity index (χ3v) is 8.06. The molecule has 1 spiro atoms. The van der Waals surface area contributed by atoms with Crippen molar-refractivity contribution < 1.29 is 24.2 Å². The second kappa shape index (κ2) is 9.01. The molecule has 3 aliphatic rings. The van der Waals surface area contributed by atoms with Crippen molar-refractivity contribution in [1.82, 2.24) is 4.90 Å². The fourth-order valence-corrected chi connectivity index (χ4v) is 6.42.